The topological polar surface area (TPSA) is 17.1 Å². The van der Waals surface area contributed by atoms with Crippen molar-refractivity contribution in [1.82, 2.24) is 0 Å². The van der Waals surface area contributed by atoms with Crippen molar-refractivity contribution in [1.29, 1.82) is 0 Å². The molecule has 0 bridgehead atoms. The molecule has 0 radical (unpaired) electrons. The molecule has 0 spiro atoms. The first-order chi connectivity index (χ1) is 4.91. The van der Waals surface area contributed by atoms with Crippen molar-refractivity contribution >= 4 is 6.29 Å². The summed E-state index contributed by atoms with van der Waals surface area (Å²) in [6, 6.07) is 0. The molecule has 0 amide bonds. The van der Waals surface area contributed by atoms with Crippen LogP contribution in [0.4, 0.5) is 0 Å². The molecular formula is C9H12O. The van der Waals surface area contributed by atoms with Gasteiger partial charge in [0.05, 0.1) is 0 Å². The molecule has 10 heavy (non-hydrogen) atoms. The van der Waals surface area contributed by atoms with E-state index >= 15 is 0 Å². The molecule has 1 heteroatoms. The van der Waals surface area contributed by atoms with Gasteiger partial charge in [0.25, 0.3) is 0 Å². The second-order valence-corrected chi connectivity index (χ2v) is 1.74. The van der Waals surface area contributed by atoms with Crippen molar-refractivity contribution in [3.63, 3.8) is 0 Å². The highest BCUT2D eigenvalue weighted by Crippen LogP contribution is 1.81. The average molecular weight is 136 g/mol. The number of aldehydes is 1. The SMILES string of the molecule is CCC=C/C=C/C=C/C=O. The fourth-order valence-corrected chi connectivity index (χ4v) is 0.452. The predicted octanol–water partition coefficient (Wildman–Crippen LogP) is 2.26. The fraction of sp³-hybridized carbons (Fsp3) is 0.222. The summed E-state index contributed by atoms with van der Waals surface area (Å²) < 4.78 is 0. The highest BCUT2D eigenvalue weighted by molar-refractivity contribution is 5.65. The van der Waals surface area contributed by atoms with E-state index in [1.165, 1.54) is 6.08 Å². The minimum atomic E-state index is 0.758. The summed E-state index contributed by atoms with van der Waals surface area (Å²) in [4.78, 5) is 9.76. The third-order valence-electron chi connectivity index (χ3n) is 0.895. The van der Waals surface area contributed by atoms with Crippen LogP contribution in [0.5, 0.6) is 0 Å². The van der Waals surface area contributed by atoms with Gasteiger partial charge in [-0.15, -0.1) is 0 Å². The monoisotopic (exact) mass is 136 g/mol. The van der Waals surface area contributed by atoms with E-state index in [0.717, 1.165) is 12.7 Å². The minimum absolute atomic E-state index is 0.758. The van der Waals surface area contributed by atoms with E-state index in [4.69, 9.17) is 0 Å². The van der Waals surface area contributed by atoms with Gasteiger partial charge in [-0.3, -0.25) is 4.79 Å². The Bertz CT molecular complexity index is 152. The first-order valence-corrected chi connectivity index (χ1v) is 3.35. The summed E-state index contributed by atoms with van der Waals surface area (Å²) >= 11 is 0. The third kappa shape index (κ3) is 6.89. The van der Waals surface area contributed by atoms with E-state index in [9.17, 15) is 4.79 Å². The molecule has 0 aromatic carbocycles. The molecule has 0 heterocycles. The van der Waals surface area contributed by atoms with E-state index in [1.807, 2.05) is 24.3 Å². The van der Waals surface area contributed by atoms with E-state index < -0.39 is 0 Å². The first kappa shape index (κ1) is 8.89. The van der Waals surface area contributed by atoms with Gasteiger partial charge in [-0.05, 0) is 12.5 Å². The molecule has 0 aliphatic rings. The summed E-state index contributed by atoms with van der Waals surface area (Å²) in [5, 5.41) is 0. The Balaban J connectivity index is 3.46. The highest BCUT2D eigenvalue weighted by atomic mass is 16.1. The van der Waals surface area contributed by atoms with E-state index in [2.05, 4.69) is 6.92 Å². The largest absolute Gasteiger partial charge is 0.299 e. The van der Waals surface area contributed by atoms with Crippen LogP contribution in [0.2, 0.25) is 0 Å². The Morgan fingerprint density at radius 1 is 1.00 bits per heavy atom. The molecular weight excluding hydrogens is 124 g/mol. The molecule has 0 aromatic heterocycles. The molecule has 0 unspecified atom stereocenters. The lowest BCUT2D eigenvalue weighted by atomic mass is 10.4. The maximum Gasteiger partial charge on any atom is 0.142 e. The number of hydrogen-bond donors (Lipinski definition) is 0. The standard InChI is InChI=1S/C9H12O/c1-2-3-4-5-6-7-8-9-10/h3-9H,2H2,1H3/b4-3?,6-5+,8-7+. The zero-order valence-electron chi connectivity index (χ0n) is 6.16. The van der Waals surface area contributed by atoms with Gasteiger partial charge in [0.1, 0.15) is 6.29 Å². The van der Waals surface area contributed by atoms with Crippen molar-refractivity contribution in [3.05, 3.63) is 36.5 Å². The van der Waals surface area contributed by atoms with Gasteiger partial charge in [0, 0.05) is 0 Å². The molecule has 0 fully saturated rings. The minimum Gasteiger partial charge on any atom is -0.299 e. The molecule has 0 rings (SSSR count). The van der Waals surface area contributed by atoms with Crippen LogP contribution in [0.15, 0.2) is 36.5 Å². The lowest BCUT2D eigenvalue weighted by Gasteiger charge is -1.72. The normalized spacial score (nSPS) is 12.1. The van der Waals surface area contributed by atoms with Crippen molar-refractivity contribution in [3.8, 4) is 0 Å². The lowest BCUT2D eigenvalue weighted by Crippen LogP contribution is -1.56. The number of hydrogen-bond acceptors (Lipinski definition) is 1. The third-order valence-corrected chi connectivity index (χ3v) is 0.895. The summed E-state index contributed by atoms with van der Waals surface area (Å²) in [7, 11) is 0. The van der Waals surface area contributed by atoms with Crippen LogP contribution in [0.25, 0.3) is 0 Å². The van der Waals surface area contributed by atoms with Crippen LogP contribution in [0.1, 0.15) is 13.3 Å². The van der Waals surface area contributed by atoms with Gasteiger partial charge >= 0.3 is 0 Å². The Kier molecular flexibility index (Phi) is 7.01. The summed E-state index contributed by atoms with van der Waals surface area (Å²) in [6.45, 7) is 2.08. The molecule has 0 N–H and O–H groups in total. The van der Waals surface area contributed by atoms with Gasteiger partial charge in [0.15, 0.2) is 0 Å². The van der Waals surface area contributed by atoms with Crippen LogP contribution in [-0.2, 0) is 4.79 Å². The maximum atomic E-state index is 9.76. The van der Waals surface area contributed by atoms with Gasteiger partial charge in [-0.25, -0.2) is 0 Å². The van der Waals surface area contributed by atoms with Crippen molar-refractivity contribution in [2.45, 2.75) is 13.3 Å². The Morgan fingerprint density at radius 2 is 1.60 bits per heavy atom. The van der Waals surface area contributed by atoms with Crippen molar-refractivity contribution in [2.24, 2.45) is 0 Å². The van der Waals surface area contributed by atoms with E-state index in [1.54, 1.807) is 6.08 Å². The van der Waals surface area contributed by atoms with Crippen LogP contribution in [-0.4, -0.2) is 6.29 Å². The van der Waals surface area contributed by atoms with Crippen LogP contribution in [0, 0.1) is 0 Å². The van der Waals surface area contributed by atoms with E-state index in [-0.39, 0.29) is 0 Å². The Hall–Kier alpha value is -1.11. The van der Waals surface area contributed by atoms with Crippen molar-refractivity contribution in [2.75, 3.05) is 0 Å². The number of carbonyl (C=O) groups excluding carboxylic acids is 1. The summed E-state index contributed by atoms with van der Waals surface area (Å²) in [6.07, 6.45) is 12.7. The zero-order chi connectivity index (χ0) is 7.66. The molecule has 0 aliphatic carbocycles. The highest BCUT2D eigenvalue weighted by Gasteiger charge is 1.62. The maximum absolute atomic E-state index is 9.76. The van der Waals surface area contributed by atoms with Crippen LogP contribution in [0.3, 0.4) is 0 Å². The second-order valence-electron chi connectivity index (χ2n) is 1.74. The quantitative estimate of drug-likeness (QED) is 0.329. The van der Waals surface area contributed by atoms with Gasteiger partial charge in [-0.2, -0.15) is 0 Å². The Labute approximate surface area is 61.8 Å². The molecule has 0 aromatic rings. The van der Waals surface area contributed by atoms with Gasteiger partial charge < -0.3 is 0 Å². The first-order valence-electron chi connectivity index (χ1n) is 3.35. The number of carbonyl (C=O) groups is 1. The molecule has 1 nitrogen and oxygen atoms in total. The van der Waals surface area contributed by atoms with Gasteiger partial charge in [-0.1, -0.05) is 37.3 Å². The average Bonchev–Trinajstić information content (AvgIpc) is 1.97. The van der Waals surface area contributed by atoms with Crippen LogP contribution < -0.4 is 0 Å². The molecule has 54 valence electrons. The van der Waals surface area contributed by atoms with E-state index in [0.29, 0.717) is 0 Å². The molecule has 0 aliphatic heterocycles. The predicted molar refractivity (Wildman–Crippen MR) is 43.8 cm³/mol. The fourth-order valence-electron chi connectivity index (χ4n) is 0.452. The smallest absolute Gasteiger partial charge is 0.142 e. The summed E-state index contributed by atoms with van der Waals surface area (Å²) in [5.41, 5.74) is 0. The van der Waals surface area contributed by atoms with Crippen LogP contribution >= 0.6 is 0 Å². The number of rotatable bonds is 4. The molecule has 0 saturated heterocycles. The molecule has 0 atom stereocenters. The lowest BCUT2D eigenvalue weighted by molar-refractivity contribution is -0.104. The zero-order valence-corrected chi connectivity index (χ0v) is 6.16. The van der Waals surface area contributed by atoms with Gasteiger partial charge in [0.2, 0.25) is 0 Å². The number of allylic oxidation sites excluding steroid dienone is 6. The van der Waals surface area contributed by atoms with Crippen molar-refractivity contribution < 1.29 is 4.79 Å². The molecule has 0 saturated carbocycles. The summed E-state index contributed by atoms with van der Waals surface area (Å²) in [5.74, 6) is 0. The second kappa shape index (κ2) is 7.89. The Morgan fingerprint density at radius 3 is 2.20 bits per heavy atom.